The molecule has 0 aliphatic heterocycles. The largest absolute Gasteiger partial charge is 0.384 e. The van der Waals surface area contributed by atoms with Crippen molar-refractivity contribution in [3.05, 3.63) is 60.8 Å². The van der Waals surface area contributed by atoms with Crippen LogP contribution in [-0.4, -0.2) is 4.98 Å². The number of rotatable bonds is 1. The minimum Gasteiger partial charge on any atom is -0.384 e. The number of benzene rings is 2. The van der Waals surface area contributed by atoms with Crippen LogP contribution in [0.5, 0.6) is 0 Å². The SMILES string of the molecule is Nc1cc2cc(-c3ccccc3)ccc2cn1. The number of nitrogens with two attached hydrogens (primary N) is 1. The van der Waals surface area contributed by atoms with Gasteiger partial charge < -0.3 is 5.73 Å². The normalized spacial score (nSPS) is 10.6. The van der Waals surface area contributed by atoms with Crippen molar-refractivity contribution in [3.63, 3.8) is 0 Å². The first-order valence-electron chi connectivity index (χ1n) is 5.54. The predicted octanol–water partition coefficient (Wildman–Crippen LogP) is 3.48. The van der Waals surface area contributed by atoms with E-state index in [0.29, 0.717) is 5.82 Å². The molecule has 0 spiro atoms. The van der Waals surface area contributed by atoms with E-state index >= 15 is 0 Å². The fraction of sp³-hybridized carbons (Fsp3) is 0. The summed E-state index contributed by atoms with van der Waals surface area (Å²) in [6.45, 7) is 0. The van der Waals surface area contributed by atoms with Gasteiger partial charge in [-0.3, -0.25) is 0 Å². The summed E-state index contributed by atoms with van der Waals surface area (Å²) >= 11 is 0. The highest BCUT2D eigenvalue weighted by Gasteiger charge is 1.99. The molecule has 0 saturated carbocycles. The molecular weight excluding hydrogens is 208 g/mol. The average Bonchev–Trinajstić information content (AvgIpc) is 2.39. The van der Waals surface area contributed by atoms with E-state index in [1.165, 1.54) is 11.1 Å². The van der Waals surface area contributed by atoms with Gasteiger partial charge in [-0.15, -0.1) is 0 Å². The number of hydrogen-bond donors (Lipinski definition) is 1. The van der Waals surface area contributed by atoms with E-state index in [1.54, 1.807) is 6.20 Å². The molecule has 0 radical (unpaired) electrons. The highest BCUT2D eigenvalue weighted by atomic mass is 14.8. The Morgan fingerprint density at radius 3 is 2.41 bits per heavy atom. The van der Waals surface area contributed by atoms with Gasteiger partial charge in [-0.25, -0.2) is 4.98 Å². The third-order valence-electron chi connectivity index (χ3n) is 2.85. The van der Waals surface area contributed by atoms with Gasteiger partial charge in [-0.05, 0) is 28.6 Å². The van der Waals surface area contributed by atoms with Crippen molar-refractivity contribution >= 4 is 16.6 Å². The first-order chi connectivity index (χ1) is 8.33. The van der Waals surface area contributed by atoms with Gasteiger partial charge in [0.15, 0.2) is 0 Å². The lowest BCUT2D eigenvalue weighted by Crippen LogP contribution is -1.88. The average molecular weight is 220 g/mol. The minimum absolute atomic E-state index is 0.558. The van der Waals surface area contributed by atoms with Crippen molar-refractivity contribution in [2.75, 3.05) is 5.73 Å². The quantitative estimate of drug-likeness (QED) is 0.681. The van der Waals surface area contributed by atoms with Gasteiger partial charge in [0, 0.05) is 11.6 Å². The number of nitrogen functional groups attached to an aromatic ring is 1. The lowest BCUT2D eigenvalue weighted by Gasteiger charge is -2.04. The highest BCUT2D eigenvalue weighted by molar-refractivity contribution is 5.88. The summed E-state index contributed by atoms with van der Waals surface area (Å²) in [7, 11) is 0. The number of hydrogen-bond acceptors (Lipinski definition) is 2. The van der Waals surface area contributed by atoms with Crippen LogP contribution >= 0.6 is 0 Å². The van der Waals surface area contributed by atoms with Crippen LogP contribution in [0.15, 0.2) is 60.8 Å². The van der Waals surface area contributed by atoms with Crippen LogP contribution in [0.2, 0.25) is 0 Å². The monoisotopic (exact) mass is 220 g/mol. The molecule has 1 heterocycles. The molecule has 0 amide bonds. The molecule has 0 atom stereocenters. The lowest BCUT2D eigenvalue weighted by molar-refractivity contribution is 1.37. The minimum atomic E-state index is 0.558. The fourth-order valence-corrected chi connectivity index (χ4v) is 1.97. The molecule has 0 aliphatic rings. The molecule has 2 heteroatoms. The fourth-order valence-electron chi connectivity index (χ4n) is 1.97. The number of aromatic nitrogens is 1. The Bertz CT molecular complexity index is 660. The van der Waals surface area contributed by atoms with Crippen LogP contribution in [0, 0.1) is 0 Å². The van der Waals surface area contributed by atoms with Crippen molar-refractivity contribution in [1.29, 1.82) is 0 Å². The second-order valence-corrected chi connectivity index (χ2v) is 4.04. The molecule has 0 bridgehead atoms. The summed E-state index contributed by atoms with van der Waals surface area (Å²) in [4.78, 5) is 4.09. The van der Waals surface area contributed by atoms with Gasteiger partial charge >= 0.3 is 0 Å². The zero-order valence-electron chi connectivity index (χ0n) is 9.30. The van der Waals surface area contributed by atoms with Gasteiger partial charge in [0.25, 0.3) is 0 Å². The zero-order chi connectivity index (χ0) is 11.7. The van der Waals surface area contributed by atoms with E-state index < -0.39 is 0 Å². The maximum atomic E-state index is 5.70. The number of nitrogens with zero attached hydrogens (tertiary/aromatic N) is 1. The third-order valence-corrected chi connectivity index (χ3v) is 2.85. The van der Waals surface area contributed by atoms with Gasteiger partial charge in [0.2, 0.25) is 0 Å². The van der Waals surface area contributed by atoms with Crippen LogP contribution in [-0.2, 0) is 0 Å². The first kappa shape index (κ1) is 9.85. The molecule has 3 aromatic rings. The number of pyridine rings is 1. The molecule has 2 N–H and O–H groups in total. The lowest BCUT2D eigenvalue weighted by atomic mass is 10.0. The molecule has 2 aromatic carbocycles. The summed E-state index contributed by atoms with van der Waals surface area (Å²) < 4.78 is 0. The van der Waals surface area contributed by atoms with Gasteiger partial charge in [-0.1, -0.05) is 42.5 Å². The molecule has 17 heavy (non-hydrogen) atoms. The molecule has 0 unspecified atom stereocenters. The smallest absolute Gasteiger partial charge is 0.123 e. The number of fused-ring (bicyclic) bond motifs is 1. The van der Waals surface area contributed by atoms with Crippen LogP contribution in [0.3, 0.4) is 0 Å². The first-order valence-corrected chi connectivity index (χ1v) is 5.54. The molecule has 82 valence electrons. The highest BCUT2D eigenvalue weighted by Crippen LogP contribution is 2.24. The van der Waals surface area contributed by atoms with Crippen molar-refractivity contribution in [1.82, 2.24) is 4.98 Å². The Morgan fingerprint density at radius 1 is 0.765 bits per heavy atom. The summed E-state index contributed by atoms with van der Waals surface area (Å²) in [5.74, 6) is 0.558. The zero-order valence-corrected chi connectivity index (χ0v) is 9.30. The van der Waals surface area contributed by atoms with Gasteiger partial charge in [-0.2, -0.15) is 0 Å². The maximum Gasteiger partial charge on any atom is 0.123 e. The molecule has 0 saturated heterocycles. The van der Waals surface area contributed by atoms with Crippen LogP contribution in [0.25, 0.3) is 21.9 Å². The van der Waals surface area contributed by atoms with Gasteiger partial charge in [0.05, 0.1) is 0 Å². The summed E-state index contributed by atoms with van der Waals surface area (Å²) in [6, 6.07) is 18.5. The van der Waals surface area contributed by atoms with E-state index in [0.717, 1.165) is 10.8 Å². The second kappa shape index (κ2) is 3.91. The Morgan fingerprint density at radius 2 is 1.59 bits per heavy atom. The maximum absolute atomic E-state index is 5.70. The Labute approximate surface area is 99.7 Å². The van der Waals surface area contributed by atoms with E-state index in [2.05, 4.69) is 35.3 Å². The van der Waals surface area contributed by atoms with Crippen LogP contribution in [0.1, 0.15) is 0 Å². The van der Waals surface area contributed by atoms with Crippen molar-refractivity contribution < 1.29 is 0 Å². The molecule has 2 nitrogen and oxygen atoms in total. The summed E-state index contributed by atoms with van der Waals surface area (Å²) in [6.07, 6.45) is 1.80. The molecule has 0 aliphatic carbocycles. The van der Waals surface area contributed by atoms with Crippen molar-refractivity contribution in [2.45, 2.75) is 0 Å². The second-order valence-electron chi connectivity index (χ2n) is 4.04. The standard InChI is InChI=1S/C15H12N2/c16-15-9-14-8-12(6-7-13(14)10-17-15)11-4-2-1-3-5-11/h1-10H,(H2,16,17). The summed E-state index contributed by atoms with van der Waals surface area (Å²) in [5.41, 5.74) is 8.11. The van der Waals surface area contributed by atoms with Crippen molar-refractivity contribution in [2.24, 2.45) is 0 Å². The van der Waals surface area contributed by atoms with E-state index in [-0.39, 0.29) is 0 Å². The van der Waals surface area contributed by atoms with E-state index in [4.69, 9.17) is 5.73 Å². The Hall–Kier alpha value is -2.35. The molecule has 3 rings (SSSR count). The Balaban J connectivity index is 2.19. The van der Waals surface area contributed by atoms with Crippen LogP contribution in [0.4, 0.5) is 5.82 Å². The van der Waals surface area contributed by atoms with Gasteiger partial charge in [0.1, 0.15) is 5.82 Å². The van der Waals surface area contributed by atoms with E-state index in [9.17, 15) is 0 Å². The number of anilines is 1. The van der Waals surface area contributed by atoms with Crippen LogP contribution < -0.4 is 5.73 Å². The molecule has 1 aromatic heterocycles. The third kappa shape index (κ3) is 1.85. The summed E-state index contributed by atoms with van der Waals surface area (Å²) in [5, 5.41) is 2.23. The predicted molar refractivity (Wildman–Crippen MR) is 71.6 cm³/mol. The van der Waals surface area contributed by atoms with Crippen molar-refractivity contribution in [3.8, 4) is 11.1 Å². The molecule has 0 fully saturated rings. The topological polar surface area (TPSA) is 38.9 Å². The molecular formula is C15H12N2. The van der Waals surface area contributed by atoms with E-state index in [1.807, 2.05) is 24.3 Å². The Kier molecular flexibility index (Phi) is 2.26.